The molecule has 8 heteroatoms. The minimum absolute atomic E-state index is 0.0310. The Balaban J connectivity index is 1.24. The quantitative estimate of drug-likeness (QED) is 0.495. The lowest BCUT2D eigenvalue weighted by Gasteiger charge is -2.62. The maximum absolute atomic E-state index is 14.1. The van der Waals surface area contributed by atoms with Gasteiger partial charge in [-0.1, -0.05) is 13.8 Å². The van der Waals surface area contributed by atoms with Crippen molar-refractivity contribution in [2.75, 3.05) is 0 Å². The fourth-order valence-corrected chi connectivity index (χ4v) is 11.3. The van der Waals surface area contributed by atoms with E-state index in [1.165, 1.54) is 6.92 Å². The number of aliphatic hydroxyl groups excluding tert-OH is 2. The van der Waals surface area contributed by atoms with Crippen LogP contribution < -0.4 is 0 Å². The van der Waals surface area contributed by atoms with Crippen LogP contribution in [0.1, 0.15) is 86.5 Å². The third-order valence-electron chi connectivity index (χ3n) is 13.0. The Morgan fingerprint density at radius 1 is 1.03 bits per heavy atom. The number of rotatable bonds is 1. The number of carbonyl (C=O) groups is 2. The standard InChI is InChI=1S/C30H44O8/c1-14-11-30(38-26(14,3)4)28(6)24-21(36-30)10-18-17-8-7-16-9-19(32)22(35-15(2)31)13-27(16,5)23(17)20(33)12-29(18,24)25(34)37-28/h14,16-24,32-33H,7-13H2,1-6H3/t14-,16-,17-,18-,19-,20-,21-,22+,23+,24+,27-,28+,29+,30-/m0/s1. The Hall–Kier alpha value is -1.22. The van der Waals surface area contributed by atoms with E-state index in [9.17, 15) is 19.8 Å². The first-order valence-electron chi connectivity index (χ1n) is 14.8. The molecule has 0 bridgehead atoms. The van der Waals surface area contributed by atoms with Gasteiger partial charge in [-0.3, -0.25) is 9.59 Å². The van der Waals surface area contributed by atoms with Gasteiger partial charge in [-0.2, -0.15) is 0 Å². The average molecular weight is 533 g/mol. The smallest absolute Gasteiger partial charge is 0.313 e. The fourth-order valence-electron chi connectivity index (χ4n) is 11.3. The molecule has 2 N–H and O–H groups in total. The first kappa shape index (κ1) is 25.7. The number of aliphatic hydroxyl groups is 2. The van der Waals surface area contributed by atoms with Gasteiger partial charge in [0.1, 0.15) is 6.10 Å². The normalized spacial score (nSPS) is 59.6. The van der Waals surface area contributed by atoms with Gasteiger partial charge < -0.3 is 29.2 Å². The van der Waals surface area contributed by atoms with Gasteiger partial charge in [-0.05, 0) is 94.3 Å². The maximum Gasteiger partial charge on any atom is 0.313 e. The van der Waals surface area contributed by atoms with Crippen LogP contribution in [-0.4, -0.2) is 63.6 Å². The molecule has 3 aliphatic heterocycles. The predicted octanol–water partition coefficient (Wildman–Crippen LogP) is 3.35. The zero-order chi connectivity index (χ0) is 27.2. The van der Waals surface area contributed by atoms with Gasteiger partial charge in [0.15, 0.2) is 5.60 Å². The highest BCUT2D eigenvalue weighted by molar-refractivity contribution is 5.83. The zero-order valence-electron chi connectivity index (χ0n) is 23.6. The molecule has 7 fully saturated rings. The molecule has 3 heterocycles. The summed E-state index contributed by atoms with van der Waals surface area (Å²) in [6.07, 6.45) is 2.72. The Bertz CT molecular complexity index is 1070. The highest BCUT2D eigenvalue weighted by atomic mass is 16.8. The molecular weight excluding hydrogens is 488 g/mol. The van der Waals surface area contributed by atoms with Gasteiger partial charge in [0.25, 0.3) is 0 Å². The molecular formula is C30H44O8. The molecule has 0 aromatic carbocycles. The maximum atomic E-state index is 14.1. The highest BCUT2D eigenvalue weighted by Crippen LogP contribution is 2.76. The molecule has 0 aromatic rings. The van der Waals surface area contributed by atoms with E-state index in [1.54, 1.807) is 0 Å². The van der Waals surface area contributed by atoms with Crippen LogP contribution in [0.3, 0.4) is 0 Å². The summed E-state index contributed by atoms with van der Waals surface area (Å²) in [4.78, 5) is 25.8. The summed E-state index contributed by atoms with van der Waals surface area (Å²) >= 11 is 0. The van der Waals surface area contributed by atoms with E-state index in [0.29, 0.717) is 25.7 Å². The van der Waals surface area contributed by atoms with Crippen molar-refractivity contribution in [1.29, 1.82) is 0 Å². The van der Waals surface area contributed by atoms with Crippen LogP contribution in [0.25, 0.3) is 0 Å². The van der Waals surface area contributed by atoms with Crippen LogP contribution in [-0.2, 0) is 28.5 Å². The van der Waals surface area contributed by atoms with E-state index in [-0.39, 0.29) is 64.6 Å². The topological polar surface area (TPSA) is 112 Å². The second kappa shape index (κ2) is 7.54. The average Bonchev–Trinajstić information content (AvgIpc) is 3.40. The lowest BCUT2D eigenvalue weighted by Crippen LogP contribution is -2.62. The molecule has 0 amide bonds. The van der Waals surface area contributed by atoms with Crippen molar-refractivity contribution in [2.45, 2.75) is 128 Å². The SMILES string of the molecule is CC(=O)O[C@@H]1C[C@@]2(C)[C@@H](CC[C@@H]3[C@@H]2[C@@H](O)C[C@]24C(=O)O[C@]5(C)[C@H]2[C@H](C[C@@H]34)O[C@]52C[C@H](C)C(C)(C)O2)C[C@@H]1O. The molecule has 8 nitrogen and oxygen atoms in total. The minimum atomic E-state index is -0.947. The van der Waals surface area contributed by atoms with Crippen molar-refractivity contribution < 1.29 is 38.7 Å². The second-order valence-corrected chi connectivity index (χ2v) is 15.0. The second-order valence-electron chi connectivity index (χ2n) is 15.0. The van der Waals surface area contributed by atoms with Crippen molar-refractivity contribution >= 4 is 11.9 Å². The molecule has 212 valence electrons. The van der Waals surface area contributed by atoms with Crippen molar-refractivity contribution in [2.24, 2.45) is 46.3 Å². The molecule has 0 aromatic heterocycles. The van der Waals surface area contributed by atoms with Gasteiger partial charge in [0.05, 0.1) is 29.3 Å². The van der Waals surface area contributed by atoms with Crippen LogP contribution in [0.5, 0.6) is 0 Å². The van der Waals surface area contributed by atoms with E-state index in [2.05, 4.69) is 27.7 Å². The van der Waals surface area contributed by atoms with Crippen LogP contribution in [0.4, 0.5) is 0 Å². The van der Waals surface area contributed by atoms with Gasteiger partial charge in [-0.25, -0.2) is 0 Å². The molecule has 4 saturated carbocycles. The Labute approximate surface area is 225 Å². The van der Waals surface area contributed by atoms with Crippen molar-refractivity contribution in [3.8, 4) is 0 Å². The van der Waals surface area contributed by atoms with Gasteiger partial charge in [-0.15, -0.1) is 0 Å². The number of ether oxygens (including phenoxy) is 4. The Kier molecular flexibility index (Phi) is 5.10. The lowest BCUT2D eigenvalue weighted by molar-refractivity contribution is -0.291. The summed E-state index contributed by atoms with van der Waals surface area (Å²) in [6, 6.07) is 0. The number of carbonyl (C=O) groups excluding carboxylic acids is 2. The van der Waals surface area contributed by atoms with Crippen LogP contribution >= 0.6 is 0 Å². The molecule has 7 rings (SSSR count). The van der Waals surface area contributed by atoms with E-state index in [0.717, 1.165) is 19.3 Å². The summed E-state index contributed by atoms with van der Waals surface area (Å²) in [5, 5.41) is 22.7. The van der Waals surface area contributed by atoms with Gasteiger partial charge in [0, 0.05) is 19.3 Å². The number of esters is 2. The predicted molar refractivity (Wildman–Crippen MR) is 134 cm³/mol. The molecule has 7 aliphatic rings. The minimum Gasteiger partial charge on any atom is -0.460 e. The fraction of sp³-hybridized carbons (Fsp3) is 0.933. The zero-order valence-corrected chi connectivity index (χ0v) is 23.6. The first-order chi connectivity index (χ1) is 17.7. The third-order valence-corrected chi connectivity index (χ3v) is 13.0. The number of fused-ring (bicyclic) bond motifs is 5. The summed E-state index contributed by atoms with van der Waals surface area (Å²) < 4.78 is 25.5. The summed E-state index contributed by atoms with van der Waals surface area (Å²) in [5.41, 5.74) is -2.32. The largest absolute Gasteiger partial charge is 0.460 e. The molecule has 38 heavy (non-hydrogen) atoms. The Morgan fingerprint density at radius 3 is 2.42 bits per heavy atom. The van der Waals surface area contributed by atoms with Crippen molar-refractivity contribution in [3.63, 3.8) is 0 Å². The monoisotopic (exact) mass is 532 g/mol. The van der Waals surface area contributed by atoms with Gasteiger partial charge in [0.2, 0.25) is 5.79 Å². The number of hydrogen-bond acceptors (Lipinski definition) is 8. The molecule has 0 unspecified atom stereocenters. The lowest BCUT2D eigenvalue weighted by atomic mass is 9.43. The van der Waals surface area contributed by atoms with E-state index in [1.807, 2.05) is 6.92 Å². The van der Waals surface area contributed by atoms with Crippen LogP contribution in [0.15, 0.2) is 0 Å². The molecule has 4 aliphatic carbocycles. The number of hydrogen-bond donors (Lipinski definition) is 2. The molecule has 3 saturated heterocycles. The molecule has 14 atom stereocenters. The van der Waals surface area contributed by atoms with Gasteiger partial charge >= 0.3 is 11.9 Å². The van der Waals surface area contributed by atoms with Crippen LogP contribution in [0.2, 0.25) is 0 Å². The molecule has 0 radical (unpaired) electrons. The Morgan fingerprint density at radius 2 is 1.76 bits per heavy atom. The summed E-state index contributed by atoms with van der Waals surface area (Å²) in [6.45, 7) is 12.0. The summed E-state index contributed by atoms with van der Waals surface area (Å²) in [7, 11) is 0. The van der Waals surface area contributed by atoms with E-state index >= 15 is 0 Å². The van der Waals surface area contributed by atoms with Crippen molar-refractivity contribution in [1.82, 2.24) is 0 Å². The summed E-state index contributed by atoms with van der Waals surface area (Å²) in [5.74, 6) is -0.970. The third kappa shape index (κ3) is 2.86. The highest BCUT2D eigenvalue weighted by Gasteiger charge is 2.85. The van der Waals surface area contributed by atoms with E-state index < -0.39 is 35.1 Å². The van der Waals surface area contributed by atoms with E-state index in [4.69, 9.17) is 18.9 Å². The van der Waals surface area contributed by atoms with Crippen molar-refractivity contribution in [3.05, 3.63) is 0 Å². The molecule has 2 spiro atoms. The first-order valence-corrected chi connectivity index (χ1v) is 14.8. The van der Waals surface area contributed by atoms with Crippen LogP contribution in [0, 0.1) is 46.3 Å².